The molecule has 20 heavy (non-hydrogen) atoms. The van der Waals surface area contributed by atoms with Gasteiger partial charge < -0.3 is 10.5 Å². The predicted molar refractivity (Wildman–Crippen MR) is 81.2 cm³/mol. The van der Waals surface area contributed by atoms with Crippen LogP contribution in [0.5, 0.6) is 5.75 Å². The normalized spacial score (nSPS) is 11.9. The smallest absolute Gasteiger partial charge is 0.167 e. The summed E-state index contributed by atoms with van der Waals surface area (Å²) in [4.78, 5) is 12.4. The maximum Gasteiger partial charge on any atom is 0.167 e. The van der Waals surface area contributed by atoms with E-state index in [1.165, 1.54) is 0 Å². The van der Waals surface area contributed by atoms with Crippen molar-refractivity contribution >= 4 is 11.5 Å². The van der Waals surface area contributed by atoms with E-state index in [9.17, 15) is 4.79 Å². The Hall–Kier alpha value is -2.29. The van der Waals surface area contributed by atoms with Gasteiger partial charge in [-0.05, 0) is 35.7 Å². The van der Waals surface area contributed by atoms with Gasteiger partial charge in [0.05, 0.1) is 12.7 Å². The van der Waals surface area contributed by atoms with Crippen molar-refractivity contribution in [2.45, 2.75) is 19.3 Å². The molecule has 2 aromatic rings. The Morgan fingerprint density at radius 1 is 1.15 bits per heavy atom. The van der Waals surface area contributed by atoms with E-state index < -0.39 is 0 Å². The molecule has 0 amide bonds. The second-order valence-corrected chi connectivity index (χ2v) is 4.90. The summed E-state index contributed by atoms with van der Waals surface area (Å²) in [5.41, 5.74) is 8.16. The zero-order valence-corrected chi connectivity index (χ0v) is 11.8. The van der Waals surface area contributed by atoms with Crippen LogP contribution in [0.3, 0.4) is 0 Å². The summed E-state index contributed by atoms with van der Waals surface area (Å²) in [6, 6.07) is 15.0. The molecule has 104 valence electrons. The maximum atomic E-state index is 12.4. The van der Waals surface area contributed by atoms with Crippen molar-refractivity contribution in [3.05, 3.63) is 59.7 Å². The van der Waals surface area contributed by atoms with Gasteiger partial charge in [-0.15, -0.1) is 0 Å². The molecular weight excluding hydrogens is 250 g/mol. The van der Waals surface area contributed by atoms with Gasteiger partial charge in [0.2, 0.25) is 0 Å². The lowest BCUT2D eigenvalue weighted by molar-refractivity contribution is 0.0972. The standard InChI is InChI=1S/C17H19NO2/c1-12(13-7-9-14(18)10-8-13)11-16(19)15-5-3-4-6-17(15)20-2/h3-10,12H,11,18H2,1-2H3. The molecule has 3 heteroatoms. The van der Waals surface area contributed by atoms with Gasteiger partial charge in [-0.25, -0.2) is 0 Å². The molecule has 2 N–H and O–H groups in total. The molecule has 1 atom stereocenters. The van der Waals surface area contributed by atoms with Crippen LogP contribution in [0.4, 0.5) is 5.69 Å². The van der Waals surface area contributed by atoms with E-state index in [0.29, 0.717) is 17.7 Å². The summed E-state index contributed by atoms with van der Waals surface area (Å²) in [5, 5.41) is 0. The number of methoxy groups -OCH3 is 1. The minimum atomic E-state index is 0.0896. The number of benzene rings is 2. The number of nitrogens with two attached hydrogens (primary N) is 1. The Morgan fingerprint density at radius 2 is 1.80 bits per heavy atom. The third kappa shape index (κ3) is 3.18. The number of anilines is 1. The molecule has 0 saturated heterocycles. The number of carbonyl (C=O) groups excluding carboxylic acids is 1. The number of rotatable bonds is 5. The topological polar surface area (TPSA) is 52.3 Å². The molecule has 0 aliphatic rings. The van der Waals surface area contributed by atoms with Crippen molar-refractivity contribution in [1.82, 2.24) is 0 Å². The van der Waals surface area contributed by atoms with E-state index >= 15 is 0 Å². The van der Waals surface area contributed by atoms with Gasteiger partial charge >= 0.3 is 0 Å². The summed E-state index contributed by atoms with van der Waals surface area (Å²) < 4.78 is 5.23. The second kappa shape index (κ2) is 6.24. The van der Waals surface area contributed by atoms with Crippen LogP contribution in [0.1, 0.15) is 35.2 Å². The van der Waals surface area contributed by atoms with E-state index in [2.05, 4.69) is 0 Å². The fourth-order valence-electron chi connectivity index (χ4n) is 2.21. The number of ether oxygens (including phenoxy) is 1. The zero-order valence-electron chi connectivity index (χ0n) is 11.8. The predicted octanol–water partition coefficient (Wildman–Crippen LogP) is 3.65. The van der Waals surface area contributed by atoms with Crippen LogP contribution in [0.2, 0.25) is 0 Å². The van der Waals surface area contributed by atoms with Crippen molar-refractivity contribution < 1.29 is 9.53 Å². The van der Waals surface area contributed by atoms with Crippen LogP contribution in [0.15, 0.2) is 48.5 Å². The highest BCUT2D eigenvalue weighted by Gasteiger charge is 2.16. The number of Topliss-reactive ketones (excluding diaryl/α,β-unsaturated/α-hetero) is 1. The van der Waals surface area contributed by atoms with Gasteiger partial charge in [0.25, 0.3) is 0 Å². The summed E-state index contributed by atoms with van der Waals surface area (Å²) in [6.45, 7) is 2.04. The molecular formula is C17H19NO2. The van der Waals surface area contributed by atoms with Crippen LogP contribution in [-0.2, 0) is 0 Å². The maximum absolute atomic E-state index is 12.4. The summed E-state index contributed by atoms with van der Waals surface area (Å²) in [5.74, 6) is 0.863. The SMILES string of the molecule is COc1ccccc1C(=O)CC(C)c1ccc(N)cc1. The molecule has 0 fully saturated rings. The first-order chi connectivity index (χ1) is 9.61. The van der Waals surface area contributed by atoms with Crippen molar-refractivity contribution in [3.63, 3.8) is 0 Å². The average molecular weight is 269 g/mol. The van der Waals surface area contributed by atoms with Gasteiger partial charge in [-0.2, -0.15) is 0 Å². The quantitative estimate of drug-likeness (QED) is 0.665. The van der Waals surface area contributed by atoms with Crippen molar-refractivity contribution in [2.75, 3.05) is 12.8 Å². The molecule has 0 aliphatic heterocycles. The van der Waals surface area contributed by atoms with E-state index in [-0.39, 0.29) is 11.7 Å². The van der Waals surface area contributed by atoms with E-state index in [0.717, 1.165) is 11.3 Å². The third-order valence-electron chi connectivity index (χ3n) is 3.40. The molecule has 3 nitrogen and oxygen atoms in total. The van der Waals surface area contributed by atoms with Crippen molar-refractivity contribution in [3.8, 4) is 5.75 Å². The molecule has 2 aromatic carbocycles. The Labute approximate surface area is 119 Å². The number of ketones is 1. The summed E-state index contributed by atoms with van der Waals surface area (Å²) in [6.07, 6.45) is 0.449. The van der Waals surface area contributed by atoms with Crippen LogP contribution in [0.25, 0.3) is 0 Å². The molecule has 2 rings (SSSR count). The number of para-hydroxylation sites is 1. The molecule has 0 aromatic heterocycles. The number of carbonyl (C=O) groups is 1. The van der Waals surface area contributed by atoms with E-state index in [1.807, 2.05) is 43.3 Å². The second-order valence-electron chi connectivity index (χ2n) is 4.90. The van der Waals surface area contributed by atoms with Crippen molar-refractivity contribution in [2.24, 2.45) is 0 Å². The Kier molecular flexibility index (Phi) is 4.41. The number of hydrogen-bond donors (Lipinski definition) is 1. The third-order valence-corrected chi connectivity index (χ3v) is 3.40. The number of nitrogen functional groups attached to an aromatic ring is 1. The highest BCUT2D eigenvalue weighted by Crippen LogP contribution is 2.25. The van der Waals surface area contributed by atoms with Gasteiger partial charge in [-0.3, -0.25) is 4.79 Å². The molecule has 0 bridgehead atoms. The lowest BCUT2D eigenvalue weighted by Gasteiger charge is -2.13. The minimum Gasteiger partial charge on any atom is -0.496 e. The first-order valence-corrected chi connectivity index (χ1v) is 6.63. The Morgan fingerprint density at radius 3 is 2.45 bits per heavy atom. The largest absolute Gasteiger partial charge is 0.496 e. The lowest BCUT2D eigenvalue weighted by Crippen LogP contribution is -2.07. The molecule has 0 spiro atoms. The first-order valence-electron chi connectivity index (χ1n) is 6.63. The Balaban J connectivity index is 2.13. The zero-order chi connectivity index (χ0) is 14.5. The van der Waals surface area contributed by atoms with Crippen LogP contribution < -0.4 is 10.5 Å². The van der Waals surface area contributed by atoms with Gasteiger partial charge in [0, 0.05) is 12.1 Å². The molecule has 0 heterocycles. The van der Waals surface area contributed by atoms with Gasteiger partial charge in [-0.1, -0.05) is 31.2 Å². The van der Waals surface area contributed by atoms with Crippen LogP contribution in [0, 0.1) is 0 Å². The van der Waals surface area contributed by atoms with Crippen LogP contribution >= 0.6 is 0 Å². The monoisotopic (exact) mass is 269 g/mol. The van der Waals surface area contributed by atoms with Crippen molar-refractivity contribution in [1.29, 1.82) is 0 Å². The highest BCUT2D eigenvalue weighted by atomic mass is 16.5. The highest BCUT2D eigenvalue weighted by molar-refractivity contribution is 5.99. The van der Waals surface area contributed by atoms with Gasteiger partial charge in [0.15, 0.2) is 5.78 Å². The number of hydrogen-bond acceptors (Lipinski definition) is 3. The molecule has 0 aliphatic carbocycles. The summed E-state index contributed by atoms with van der Waals surface area (Å²) in [7, 11) is 1.58. The fraction of sp³-hybridized carbons (Fsp3) is 0.235. The molecule has 0 saturated carbocycles. The lowest BCUT2D eigenvalue weighted by atomic mass is 9.93. The Bertz CT molecular complexity index is 590. The summed E-state index contributed by atoms with van der Waals surface area (Å²) >= 11 is 0. The van der Waals surface area contributed by atoms with Gasteiger partial charge in [0.1, 0.15) is 5.75 Å². The molecule has 1 unspecified atom stereocenters. The molecule has 0 radical (unpaired) electrons. The van der Waals surface area contributed by atoms with Crippen LogP contribution in [-0.4, -0.2) is 12.9 Å². The minimum absolute atomic E-state index is 0.0896. The fourth-order valence-corrected chi connectivity index (χ4v) is 2.21. The van der Waals surface area contributed by atoms with E-state index in [4.69, 9.17) is 10.5 Å². The van der Waals surface area contributed by atoms with E-state index in [1.54, 1.807) is 19.2 Å². The average Bonchev–Trinajstić information content (AvgIpc) is 2.47. The first kappa shape index (κ1) is 14.1.